The molecule has 121 valence electrons. The minimum atomic E-state index is -3.87. The van der Waals surface area contributed by atoms with Crippen LogP contribution in [-0.4, -0.2) is 14.2 Å². The molecule has 1 radical (unpaired) electrons. The molecule has 0 aromatic heterocycles. The van der Waals surface area contributed by atoms with Gasteiger partial charge in [0.1, 0.15) is 5.75 Å². The maximum atomic E-state index is 11.7. The Bertz CT molecular complexity index is 786. The van der Waals surface area contributed by atoms with Crippen molar-refractivity contribution in [3.05, 3.63) is 53.6 Å². The first-order valence-corrected chi connectivity index (χ1v) is 7.66. The van der Waals surface area contributed by atoms with Crippen molar-refractivity contribution in [1.82, 2.24) is 0 Å². The van der Waals surface area contributed by atoms with Gasteiger partial charge in [-0.2, -0.15) is 17.7 Å². The van der Waals surface area contributed by atoms with Crippen molar-refractivity contribution >= 4 is 15.8 Å². The summed E-state index contributed by atoms with van der Waals surface area (Å²) in [5.41, 5.74) is 1.11. The van der Waals surface area contributed by atoms with Crippen LogP contribution in [0.25, 0.3) is 0 Å². The molecule has 0 unspecified atom stereocenters. The molecule has 2 N–H and O–H groups in total. The van der Waals surface area contributed by atoms with E-state index in [1.165, 1.54) is 25.1 Å². The van der Waals surface area contributed by atoms with Gasteiger partial charge >= 0.3 is 0 Å². The molecule has 0 saturated heterocycles. The summed E-state index contributed by atoms with van der Waals surface area (Å²) in [6, 6.07) is 12.1. The van der Waals surface area contributed by atoms with Gasteiger partial charge in [0.25, 0.3) is 0 Å². The van der Waals surface area contributed by atoms with E-state index in [-0.39, 0.29) is 62.1 Å². The summed E-state index contributed by atoms with van der Waals surface area (Å²) in [5.74, 6) is 0.463. The number of primary sulfonamides is 1. The van der Waals surface area contributed by atoms with E-state index < -0.39 is 10.0 Å². The smallest absolute Gasteiger partial charge is 0.238 e. The van der Waals surface area contributed by atoms with E-state index in [2.05, 4.69) is 6.07 Å². The zero-order chi connectivity index (χ0) is 15.6. The Morgan fingerprint density at radius 1 is 1.22 bits per heavy atom. The minimum absolute atomic E-state index is 0. The van der Waals surface area contributed by atoms with Crippen LogP contribution in [0.2, 0.25) is 0 Å². The van der Waals surface area contributed by atoms with Crippen molar-refractivity contribution in [2.24, 2.45) is 5.14 Å². The average molecular weight is 409 g/mol. The summed E-state index contributed by atoms with van der Waals surface area (Å²) in [6.45, 7) is 3.22. The Morgan fingerprint density at radius 2 is 1.87 bits per heavy atom. The molecule has 7 heteroatoms. The molecule has 5 nitrogen and oxygen atoms in total. The number of carbonyl (C=O) groups is 1. The number of nitrogens with two attached hydrogens (primary N) is 1. The molecule has 0 bridgehead atoms. The fraction of sp³-hybridized carbons (Fsp3) is 0.188. The standard InChI is InChI=1S/C15H14NO4S.CH4.Y/c1-10-3-5-12(6-4-10)20-15-8-7-13(21(16,18)19)9-14(15)11(2)17;;/h3,5-9H,1-2H3,(H2,16,18,19);1H4;/q-1;;. The second kappa shape index (κ2) is 8.69. The molecule has 0 heterocycles. The molecule has 2 rings (SSSR count). The Morgan fingerprint density at radius 3 is 2.35 bits per heavy atom. The van der Waals surface area contributed by atoms with E-state index in [0.717, 1.165) is 5.56 Å². The number of benzene rings is 2. The Hall–Kier alpha value is -1.08. The maximum absolute atomic E-state index is 11.7. The number of hydrogen-bond donors (Lipinski definition) is 1. The van der Waals surface area contributed by atoms with Crippen LogP contribution in [0.15, 0.2) is 41.3 Å². The topological polar surface area (TPSA) is 86.5 Å². The van der Waals surface area contributed by atoms with Gasteiger partial charge in [-0.1, -0.05) is 14.4 Å². The number of ether oxygens (including phenoxy) is 1. The van der Waals surface area contributed by atoms with Crippen LogP contribution in [-0.2, 0) is 42.7 Å². The van der Waals surface area contributed by atoms with Gasteiger partial charge in [0.05, 0.1) is 10.5 Å². The monoisotopic (exact) mass is 409 g/mol. The zero-order valence-electron chi connectivity index (χ0n) is 12.2. The van der Waals surface area contributed by atoms with Crippen molar-refractivity contribution in [2.45, 2.75) is 26.2 Å². The second-order valence-corrected chi connectivity index (χ2v) is 6.13. The summed E-state index contributed by atoms with van der Waals surface area (Å²) in [7, 11) is -3.87. The quantitative estimate of drug-likeness (QED) is 0.621. The van der Waals surface area contributed by atoms with E-state index in [1.54, 1.807) is 12.1 Å². The molecule has 0 aliphatic heterocycles. The Balaban J connectivity index is 0.00000242. The normalized spacial score (nSPS) is 10.2. The molecule has 0 spiro atoms. The molecule has 0 aliphatic rings. The molecule has 0 amide bonds. The SMILES string of the molecule is C.CC(=O)c1cc(S(N)(=O)=O)ccc1Oc1c[c-]c(C)cc1.[Y]. The summed E-state index contributed by atoms with van der Waals surface area (Å²) >= 11 is 0. The molecule has 0 aliphatic carbocycles. The first kappa shape index (κ1) is 21.9. The molecule has 2 aromatic rings. The fourth-order valence-corrected chi connectivity index (χ4v) is 2.27. The molecular weight excluding hydrogens is 391 g/mol. The second-order valence-electron chi connectivity index (χ2n) is 4.57. The summed E-state index contributed by atoms with van der Waals surface area (Å²) in [5, 5.41) is 5.06. The Labute approximate surface area is 162 Å². The number of ketones is 1. The van der Waals surface area contributed by atoms with Gasteiger partial charge in [0.2, 0.25) is 10.0 Å². The van der Waals surface area contributed by atoms with Crippen LogP contribution < -0.4 is 9.88 Å². The van der Waals surface area contributed by atoms with Gasteiger partial charge in [-0.3, -0.25) is 4.79 Å². The number of aryl methyl sites for hydroxylation is 1. The first-order valence-electron chi connectivity index (χ1n) is 6.11. The van der Waals surface area contributed by atoms with Gasteiger partial charge in [-0.05, 0) is 25.1 Å². The predicted octanol–water partition coefficient (Wildman–Crippen LogP) is 3.07. The average Bonchev–Trinajstić information content (AvgIpc) is 2.40. The van der Waals surface area contributed by atoms with E-state index in [1.807, 2.05) is 13.0 Å². The van der Waals surface area contributed by atoms with Crippen LogP contribution in [0.1, 0.15) is 30.3 Å². The van der Waals surface area contributed by atoms with Crippen molar-refractivity contribution < 1.29 is 50.7 Å². The molecule has 0 atom stereocenters. The number of sulfonamides is 1. The molecule has 2 aromatic carbocycles. The maximum Gasteiger partial charge on any atom is 0.238 e. The summed E-state index contributed by atoms with van der Waals surface area (Å²) in [6.07, 6.45) is 0. The van der Waals surface area contributed by atoms with E-state index >= 15 is 0 Å². The van der Waals surface area contributed by atoms with Crippen LogP contribution in [0, 0.1) is 13.0 Å². The third-order valence-electron chi connectivity index (χ3n) is 2.83. The molecule has 0 fully saturated rings. The third-order valence-corrected chi connectivity index (χ3v) is 3.74. The third kappa shape index (κ3) is 5.81. The van der Waals surface area contributed by atoms with E-state index in [9.17, 15) is 13.2 Å². The van der Waals surface area contributed by atoms with E-state index in [0.29, 0.717) is 5.75 Å². The van der Waals surface area contributed by atoms with Crippen molar-refractivity contribution in [3.8, 4) is 11.5 Å². The molecule has 23 heavy (non-hydrogen) atoms. The number of rotatable bonds is 4. The van der Waals surface area contributed by atoms with Gasteiger partial charge < -0.3 is 4.74 Å². The number of Topliss-reactive ketones (excluding diaryl/α,β-unsaturated/α-hetero) is 1. The Kier molecular flexibility index (Phi) is 8.28. The zero-order valence-corrected chi connectivity index (χ0v) is 15.8. The number of hydrogen-bond acceptors (Lipinski definition) is 4. The summed E-state index contributed by atoms with van der Waals surface area (Å²) < 4.78 is 28.3. The van der Waals surface area contributed by atoms with Crippen LogP contribution in [0.3, 0.4) is 0 Å². The number of carbonyl (C=O) groups excluding carboxylic acids is 1. The largest absolute Gasteiger partial charge is 0.516 e. The van der Waals surface area contributed by atoms with Gasteiger partial charge in [-0.25, -0.2) is 13.6 Å². The van der Waals surface area contributed by atoms with Crippen LogP contribution in [0.4, 0.5) is 0 Å². The van der Waals surface area contributed by atoms with Crippen LogP contribution in [0.5, 0.6) is 11.5 Å². The van der Waals surface area contributed by atoms with Crippen LogP contribution >= 0.6 is 0 Å². The van der Waals surface area contributed by atoms with Crippen molar-refractivity contribution in [2.75, 3.05) is 0 Å². The minimum Gasteiger partial charge on any atom is -0.516 e. The first-order chi connectivity index (χ1) is 9.77. The van der Waals surface area contributed by atoms with Crippen molar-refractivity contribution in [3.63, 3.8) is 0 Å². The van der Waals surface area contributed by atoms with Crippen molar-refractivity contribution in [1.29, 1.82) is 0 Å². The van der Waals surface area contributed by atoms with Gasteiger partial charge in [-0.15, -0.1) is 12.1 Å². The predicted molar refractivity (Wildman–Crippen MR) is 84.6 cm³/mol. The molecule has 0 saturated carbocycles. The fourth-order valence-electron chi connectivity index (χ4n) is 1.73. The van der Waals surface area contributed by atoms with Gasteiger partial charge in [0.15, 0.2) is 5.78 Å². The molecular formula is C16H18NO4SY-. The summed E-state index contributed by atoms with van der Waals surface area (Å²) in [4.78, 5) is 11.5. The van der Waals surface area contributed by atoms with Gasteiger partial charge in [0, 0.05) is 38.5 Å². The van der Waals surface area contributed by atoms with E-state index in [4.69, 9.17) is 9.88 Å².